The minimum Gasteiger partial charge on any atom is -0.349 e. The first-order valence-corrected chi connectivity index (χ1v) is 8.50. The molecule has 0 unspecified atom stereocenters. The van der Waals surface area contributed by atoms with E-state index in [0.29, 0.717) is 18.9 Å². The van der Waals surface area contributed by atoms with Crippen molar-refractivity contribution in [2.45, 2.75) is 33.2 Å². The largest absolute Gasteiger partial charge is 0.349 e. The SMILES string of the molecule is CC(C)CN1C[C@H](C(=O)N[C@H](C)c2ccccc2Br)CC1=O. The van der Waals surface area contributed by atoms with Crippen LogP contribution in [0.25, 0.3) is 0 Å². The number of hydrogen-bond acceptors (Lipinski definition) is 2. The molecular formula is C17H23BrN2O2. The van der Waals surface area contributed by atoms with Gasteiger partial charge in [0.05, 0.1) is 12.0 Å². The van der Waals surface area contributed by atoms with Gasteiger partial charge in [-0.15, -0.1) is 0 Å². The lowest BCUT2D eigenvalue weighted by Crippen LogP contribution is -2.35. The number of likely N-dealkylation sites (tertiary alicyclic amines) is 1. The molecule has 1 fully saturated rings. The molecule has 22 heavy (non-hydrogen) atoms. The average Bonchev–Trinajstić information content (AvgIpc) is 2.80. The number of amides is 2. The summed E-state index contributed by atoms with van der Waals surface area (Å²) in [4.78, 5) is 26.2. The molecule has 5 heteroatoms. The van der Waals surface area contributed by atoms with E-state index in [0.717, 1.165) is 16.6 Å². The Bertz CT molecular complexity index is 559. The highest BCUT2D eigenvalue weighted by atomic mass is 79.9. The van der Waals surface area contributed by atoms with Crippen LogP contribution in [0.1, 0.15) is 38.8 Å². The maximum absolute atomic E-state index is 12.4. The van der Waals surface area contributed by atoms with Crippen molar-refractivity contribution in [3.05, 3.63) is 34.3 Å². The van der Waals surface area contributed by atoms with Crippen LogP contribution in [0.15, 0.2) is 28.7 Å². The summed E-state index contributed by atoms with van der Waals surface area (Å²) in [6.45, 7) is 7.37. The third-order valence-electron chi connectivity index (χ3n) is 3.90. The van der Waals surface area contributed by atoms with Crippen molar-refractivity contribution in [1.29, 1.82) is 0 Å². The predicted octanol–water partition coefficient (Wildman–Crippen LogP) is 3.13. The first kappa shape index (κ1) is 17.0. The summed E-state index contributed by atoms with van der Waals surface area (Å²) in [6, 6.07) is 7.76. The standard InChI is InChI=1S/C17H23BrN2O2/c1-11(2)9-20-10-13(8-16(20)21)17(22)19-12(3)14-6-4-5-7-15(14)18/h4-7,11-13H,8-10H2,1-3H3,(H,19,22)/t12-,13-/m1/s1. The van der Waals surface area contributed by atoms with Crippen molar-refractivity contribution in [3.8, 4) is 0 Å². The van der Waals surface area contributed by atoms with Gasteiger partial charge in [0, 0.05) is 24.0 Å². The highest BCUT2D eigenvalue weighted by Gasteiger charge is 2.34. The maximum atomic E-state index is 12.4. The zero-order valence-electron chi connectivity index (χ0n) is 13.3. The van der Waals surface area contributed by atoms with Gasteiger partial charge in [0.2, 0.25) is 11.8 Å². The molecule has 0 bridgehead atoms. The Morgan fingerprint density at radius 2 is 2.05 bits per heavy atom. The van der Waals surface area contributed by atoms with Crippen molar-refractivity contribution in [1.82, 2.24) is 10.2 Å². The molecule has 0 spiro atoms. The molecule has 0 radical (unpaired) electrons. The van der Waals surface area contributed by atoms with Gasteiger partial charge in [0.25, 0.3) is 0 Å². The molecule has 0 aliphatic carbocycles. The topological polar surface area (TPSA) is 49.4 Å². The molecule has 0 saturated carbocycles. The highest BCUT2D eigenvalue weighted by Crippen LogP contribution is 2.24. The normalized spacial score (nSPS) is 19.6. The average molecular weight is 367 g/mol. The minimum absolute atomic E-state index is 0.0390. The van der Waals surface area contributed by atoms with E-state index < -0.39 is 0 Å². The Balaban J connectivity index is 1.96. The number of rotatable bonds is 5. The number of nitrogens with zero attached hydrogens (tertiary/aromatic N) is 1. The van der Waals surface area contributed by atoms with E-state index in [1.807, 2.05) is 31.2 Å². The van der Waals surface area contributed by atoms with Crippen molar-refractivity contribution in [3.63, 3.8) is 0 Å². The van der Waals surface area contributed by atoms with Gasteiger partial charge in [0.15, 0.2) is 0 Å². The first-order valence-electron chi connectivity index (χ1n) is 7.71. The van der Waals surface area contributed by atoms with Crippen molar-refractivity contribution < 1.29 is 9.59 Å². The Kier molecular flexibility index (Phi) is 5.62. The van der Waals surface area contributed by atoms with E-state index in [-0.39, 0.29) is 23.8 Å². The second kappa shape index (κ2) is 7.27. The van der Waals surface area contributed by atoms with Gasteiger partial charge in [-0.2, -0.15) is 0 Å². The number of carbonyl (C=O) groups excluding carboxylic acids is 2. The zero-order chi connectivity index (χ0) is 16.3. The third kappa shape index (κ3) is 4.09. The van der Waals surface area contributed by atoms with Crippen LogP contribution in [0, 0.1) is 11.8 Å². The summed E-state index contributed by atoms with van der Waals surface area (Å²) in [7, 11) is 0. The van der Waals surface area contributed by atoms with Crippen LogP contribution in [0.4, 0.5) is 0 Å². The summed E-state index contributed by atoms with van der Waals surface area (Å²) in [5.74, 6) is 0.228. The van der Waals surface area contributed by atoms with Crippen LogP contribution >= 0.6 is 15.9 Å². The molecule has 1 aromatic carbocycles. The van der Waals surface area contributed by atoms with Crippen LogP contribution in [-0.4, -0.2) is 29.8 Å². The Labute approximate surface area is 140 Å². The lowest BCUT2D eigenvalue weighted by Gasteiger charge is -2.20. The summed E-state index contributed by atoms with van der Waals surface area (Å²) >= 11 is 3.50. The predicted molar refractivity (Wildman–Crippen MR) is 90.2 cm³/mol. The van der Waals surface area contributed by atoms with Crippen LogP contribution < -0.4 is 5.32 Å². The molecule has 1 aliphatic heterocycles. The molecule has 0 aromatic heterocycles. The van der Waals surface area contributed by atoms with E-state index in [1.165, 1.54) is 0 Å². The monoisotopic (exact) mass is 366 g/mol. The fourth-order valence-corrected chi connectivity index (χ4v) is 3.43. The molecule has 1 N–H and O–H groups in total. The van der Waals surface area contributed by atoms with Crippen LogP contribution in [0.2, 0.25) is 0 Å². The van der Waals surface area contributed by atoms with E-state index in [2.05, 4.69) is 35.1 Å². The summed E-state index contributed by atoms with van der Waals surface area (Å²) in [5, 5.41) is 3.03. The van der Waals surface area contributed by atoms with Crippen molar-refractivity contribution in [2.24, 2.45) is 11.8 Å². The summed E-state index contributed by atoms with van der Waals surface area (Å²) in [5.41, 5.74) is 1.04. The van der Waals surface area contributed by atoms with Crippen LogP contribution in [0.3, 0.4) is 0 Å². The van der Waals surface area contributed by atoms with E-state index in [4.69, 9.17) is 0 Å². The quantitative estimate of drug-likeness (QED) is 0.869. The molecule has 1 aromatic rings. The molecular weight excluding hydrogens is 344 g/mol. The Hall–Kier alpha value is -1.36. The lowest BCUT2D eigenvalue weighted by molar-refractivity contribution is -0.129. The van der Waals surface area contributed by atoms with Crippen molar-refractivity contribution >= 4 is 27.7 Å². The fourth-order valence-electron chi connectivity index (χ4n) is 2.80. The smallest absolute Gasteiger partial charge is 0.225 e. The molecule has 2 rings (SSSR count). The lowest BCUT2D eigenvalue weighted by atomic mass is 10.1. The number of halogens is 1. The fraction of sp³-hybridized carbons (Fsp3) is 0.529. The van der Waals surface area contributed by atoms with E-state index >= 15 is 0 Å². The Morgan fingerprint density at radius 3 is 2.68 bits per heavy atom. The number of carbonyl (C=O) groups is 2. The molecule has 2 amide bonds. The molecule has 1 saturated heterocycles. The first-order chi connectivity index (χ1) is 10.4. The van der Waals surface area contributed by atoms with E-state index in [1.54, 1.807) is 4.90 Å². The number of benzene rings is 1. The summed E-state index contributed by atoms with van der Waals surface area (Å²) < 4.78 is 0.978. The maximum Gasteiger partial charge on any atom is 0.225 e. The van der Waals surface area contributed by atoms with Gasteiger partial charge in [-0.3, -0.25) is 9.59 Å². The molecule has 4 nitrogen and oxygen atoms in total. The van der Waals surface area contributed by atoms with Crippen LogP contribution in [-0.2, 0) is 9.59 Å². The Morgan fingerprint density at radius 1 is 1.36 bits per heavy atom. The number of nitrogens with one attached hydrogen (secondary N) is 1. The van der Waals surface area contributed by atoms with Gasteiger partial charge in [-0.05, 0) is 24.5 Å². The van der Waals surface area contributed by atoms with E-state index in [9.17, 15) is 9.59 Å². The molecule has 1 aliphatic rings. The third-order valence-corrected chi connectivity index (χ3v) is 4.62. The zero-order valence-corrected chi connectivity index (χ0v) is 14.9. The summed E-state index contributed by atoms with van der Waals surface area (Å²) in [6.07, 6.45) is 0.321. The molecule has 2 atom stereocenters. The van der Waals surface area contributed by atoms with Gasteiger partial charge >= 0.3 is 0 Å². The van der Waals surface area contributed by atoms with Crippen LogP contribution in [0.5, 0.6) is 0 Å². The van der Waals surface area contributed by atoms with Gasteiger partial charge in [-0.1, -0.05) is 48.0 Å². The molecule has 1 heterocycles. The second-order valence-corrected chi connectivity index (χ2v) is 7.20. The minimum atomic E-state index is -0.240. The van der Waals surface area contributed by atoms with Crippen molar-refractivity contribution in [2.75, 3.05) is 13.1 Å². The number of hydrogen-bond donors (Lipinski definition) is 1. The van der Waals surface area contributed by atoms with Gasteiger partial charge < -0.3 is 10.2 Å². The van der Waals surface area contributed by atoms with Gasteiger partial charge in [0.1, 0.15) is 0 Å². The van der Waals surface area contributed by atoms with Gasteiger partial charge in [-0.25, -0.2) is 0 Å². The highest BCUT2D eigenvalue weighted by molar-refractivity contribution is 9.10. The molecule has 120 valence electrons. The second-order valence-electron chi connectivity index (χ2n) is 6.35.